The van der Waals surface area contributed by atoms with Crippen LogP contribution in [0.5, 0.6) is 28.7 Å². The first-order valence-corrected chi connectivity index (χ1v) is 11.0. The third-order valence-corrected chi connectivity index (χ3v) is 5.69. The average Bonchev–Trinajstić information content (AvgIpc) is 2.91. The quantitative estimate of drug-likeness (QED) is 0.267. The molecule has 0 aromatic heterocycles. The molecule has 1 heterocycles. The summed E-state index contributed by atoms with van der Waals surface area (Å²) in [5.41, 5.74) is 0.592. The third-order valence-electron chi connectivity index (χ3n) is 5.69. The first kappa shape index (κ1) is 27.2. The highest BCUT2D eigenvalue weighted by Gasteiger charge is 2.45. The molecule has 2 aromatic carbocycles. The van der Waals surface area contributed by atoms with E-state index in [-0.39, 0.29) is 22.8 Å². The predicted octanol–water partition coefficient (Wildman–Crippen LogP) is 0.796. The highest BCUT2D eigenvalue weighted by molar-refractivity contribution is 6.10. The fraction of sp³-hybridized carbons (Fsp3) is 0.400. The molecule has 36 heavy (non-hydrogen) atoms. The summed E-state index contributed by atoms with van der Waals surface area (Å²) in [5.74, 6) is 0.869. The fourth-order valence-corrected chi connectivity index (χ4v) is 3.68. The lowest BCUT2D eigenvalue weighted by Crippen LogP contribution is -2.60. The largest absolute Gasteiger partial charge is 0.497 e. The van der Waals surface area contributed by atoms with Crippen LogP contribution in [0.2, 0.25) is 0 Å². The second kappa shape index (κ2) is 12.1. The maximum Gasteiger partial charge on any atom is 0.229 e. The van der Waals surface area contributed by atoms with Gasteiger partial charge in [0, 0.05) is 23.8 Å². The van der Waals surface area contributed by atoms with E-state index in [0.29, 0.717) is 17.1 Å². The third kappa shape index (κ3) is 5.72. The molecule has 196 valence electrons. The summed E-state index contributed by atoms with van der Waals surface area (Å²) >= 11 is 0. The summed E-state index contributed by atoms with van der Waals surface area (Å²) in [5, 5.41) is 40.0. The van der Waals surface area contributed by atoms with Crippen molar-refractivity contribution in [2.75, 3.05) is 35.0 Å². The van der Waals surface area contributed by atoms with Crippen molar-refractivity contribution < 1.29 is 53.6 Å². The number of aliphatic hydroxyl groups excluding tert-OH is 4. The lowest BCUT2D eigenvalue weighted by Gasteiger charge is -2.39. The Hall–Kier alpha value is -3.35. The normalized spacial score (nSPS) is 23.8. The zero-order valence-corrected chi connectivity index (χ0v) is 20.3. The van der Waals surface area contributed by atoms with E-state index in [4.69, 9.17) is 28.4 Å². The predicted molar refractivity (Wildman–Crippen MR) is 127 cm³/mol. The van der Waals surface area contributed by atoms with Crippen LogP contribution in [0.4, 0.5) is 0 Å². The Bertz CT molecular complexity index is 1080. The molecule has 11 heteroatoms. The van der Waals surface area contributed by atoms with E-state index in [0.717, 1.165) is 0 Å². The van der Waals surface area contributed by atoms with Crippen molar-refractivity contribution in [3.8, 4) is 28.7 Å². The molecule has 5 atom stereocenters. The van der Waals surface area contributed by atoms with E-state index >= 15 is 0 Å². The Morgan fingerprint density at radius 3 is 2.11 bits per heavy atom. The van der Waals surface area contributed by atoms with Crippen LogP contribution in [0, 0.1) is 0 Å². The molecule has 4 N–H and O–H groups in total. The smallest absolute Gasteiger partial charge is 0.229 e. The molecule has 0 aliphatic carbocycles. The molecule has 0 radical (unpaired) electrons. The molecule has 0 spiro atoms. The van der Waals surface area contributed by atoms with Gasteiger partial charge in [-0.1, -0.05) is 0 Å². The summed E-state index contributed by atoms with van der Waals surface area (Å²) < 4.78 is 32.4. The van der Waals surface area contributed by atoms with Gasteiger partial charge in [0.1, 0.15) is 58.7 Å². The van der Waals surface area contributed by atoms with Crippen LogP contribution in [0.3, 0.4) is 0 Å². The van der Waals surface area contributed by atoms with Crippen LogP contribution in [0.15, 0.2) is 36.4 Å². The van der Waals surface area contributed by atoms with Crippen molar-refractivity contribution in [3.05, 3.63) is 47.5 Å². The molecule has 0 bridgehead atoms. The van der Waals surface area contributed by atoms with Crippen molar-refractivity contribution >= 4 is 11.9 Å². The Morgan fingerprint density at radius 2 is 1.50 bits per heavy atom. The highest BCUT2D eigenvalue weighted by Crippen LogP contribution is 2.37. The Balaban J connectivity index is 1.98. The minimum absolute atomic E-state index is 0.0148. The Morgan fingerprint density at radius 1 is 0.861 bits per heavy atom. The minimum atomic E-state index is -1.68. The van der Waals surface area contributed by atoms with Gasteiger partial charge in [-0.2, -0.15) is 0 Å². The molecule has 1 fully saturated rings. The van der Waals surface area contributed by atoms with Crippen LogP contribution in [-0.2, 0) is 4.74 Å². The van der Waals surface area contributed by atoms with E-state index in [1.165, 1.54) is 46.6 Å². The molecule has 2 unspecified atom stereocenters. The number of aliphatic hydroxyl groups is 4. The van der Waals surface area contributed by atoms with Gasteiger partial charge in [-0.15, -0.1) is 0 Å². The molecular weight excluding hydrogens is 476 g/mol. The van der Waals surface area contributed by atoms with Crippen molar-refractivity contribution in [2.24, 2.45) is 0 Å². The molecule has 11 nitrogen and oxygen atoms in total. The lowest BCUT2D eigenvalue weighted by molar-refractivity contribution is -0.277. The van der Waals surface area contributed by atoms with Gasteiger partial charge in [0.2, 0.25) is 6.29 Å². The van der Waals surface area contributed by atoms with Crippen LogP contribution in [0.1, 0.15) is 15.9 Å². The molecule has 0 saturated carbocycles. The van der Waals surface area contributed by atoms with Gasteiger partial charge < -0.3 is 48.8 Å². The summed E-state index contributed by atoms with van der Waals surface area (Å²) in [7, 11) is 5.79. The van der Waals surface area contributed by atoms with E-state index < -0.39 is 43.1 Å². The SMILES string of the molecule is COc1ccc(/C=C/C(=O)c2c(OC)cc(OC)cc2O[C@@H]2OC(CO)[C@@H](O)[C@H](O)C2O)c(OC)c1. The van der Waals surface area contributed by atoms with E-state index in [1.54, 1.807) is 24.3 Å². The minimum Gasteiger partial charge on any atom is -0.497 e. The first-order valence-electron chi connectivity index (χ1n) is 11.0. The number of hydrogen-bond acceptors (Lipinski definition) is 11. The van der Waals surface area contributed by atoms with E-state index in [2.05, 4.69) is 0 Å². The van der Waals surface area contributed by atoms with Crippen molar-refractivity contribution in [3.63, 3.8) is 0 Å². The zero-order chi connectivity index (χ0) is 26.4. The average molecular weight is 507 g/mol. The molecule has 1 saturated heterocycles. The number of ketones is 1. The van der Waals surface area contributed by atoms with Crippen LogP contribution < -0.4 is 23.7 Å². The standard InChI is InChI=1S/C25H30O11/c1-31-14-7-5-13(17(9-14)33-3)6-8-16(27)21-18(34-4)10-15(32-2)11-19(21)35-25-24(30)23(29)22(28)20(12-26)36-25/h5-11,20,22-26,28-30H,12H2,1-4H3/b8-6+/t20?,22-,23+,24?,25-/m1/s1. The van der Waals surface area contributed by atoms with Gasteiger partial charge in [0.25, 0.3) is 0 Å². The van der Waals surface area contributed by atoms with Gasteiger partial charge >= 0.3 is 0 Å². The molecule has 0 amide bonds. The summed E-state index contributed by atoms with van der Waals surface area (Å²) in [6.45, 7) is -0.634. The van der Waals surface area contributed by atoms with E-state index in [1.807, 2.05) is 0 Å². The number of hydrogen-bond donors (Lipinski definition) is 4. The van der Waals surface area contributed by atoms with Crippen molar-refractivity contribution in [2.45, 2.75) is 30.7 Å². The molecule has 3 rings (SSSR count). The molecule has 1 aliphatic heterocycles. The highest BCUT2D eigenvalue weighted by atomic mass is 16.7. The lowest BCUT2D eigenvalue weighted by atomic mass is 9.99. The van der Waals surface area contributed by atoms with Crippen LogP contribution in [0.25, 0.3) is 6.08 Å². The second-order valence-corrected chi connectivity index (χ2v) is 7.82. The number of methoxy groups -OCH3 is 4. The van der Waals surface area contributed by atoms with Crippen LogP contribution in [-0.4, -0.2) is 92.0 Å². The molecular formula is C25H30O11. The maximum atomic E-state index is 13.3. The summed E-state index contributed by atoms with van der Waals surface area (Å²) in [4.78, 5) is 13.3. The van der Waals surface area contributed by atoms with Gasteiger partial charge in [0.05, 0.1) is 35.0 Å². The number of carbonyl (C=O) groups is 1. The van der Waals surface area contributed by atoms with Gasteiger partial charge in [0.15, 0.2) is 5.78 Å². The monoisotopic (exact) mass is 506 g/mol. The van der Waals surface area contributed by atoms with Crippen LogP contribution >= 0.6 is 0 Å². The summed E-state index contributed by atoms with van der Waals surface area (Å²) in [6.07, 6.45) is -4.78. The Kier molecular flexibility index (Phi) is 9.13. The summed E-state index contributed by atoms with van der Waals surface area (Å²) in [6, 6.07) is 7.98. The molecule has 2 aromatic rings. The maximum absolute atomic E-state index is 13.3. The Labute approximate surface area is 208 Å². The van der Waals surface area contributed by atoms with Gasteiger partial charge in [-0.05, 0) is 24.3 Å². The number of rotatable bonds is 10. The fourth-order valence-electron chi connectivity index (χ4n) is 3.68. The zero-order valence-electron chi connectivity index (χ0n) is 20.3. The number of benzene rings is 2. The topological polar surface area (TPSA) is 153 Å². The molecule has 1 aliphatic rings. The van der Waals surface area contributed by atoms with E-state index in [9.17, 15) is 25.2 Å². The number of carbonyl (C=O) groups excluding carboxylic acids is 1. The number of allylic oxidation sites excluding steroid dienone is 1. The second-order valence-electron chi connectivity index (χ2n) is 7.82. The van der Waals surface area contributed by atoms with Crippen molar-refractivity contribution in [1.82, 2.24) is 0 Å². The number of ether oxygens (including phenoxy) is 6. The van der Waals surface area contributed by atoms with Gasteiger partial charge in [-0.3, -0.25) is 4.79 Å². The first-order chi connectivity index (χ1) is 17.3. The van der Waals surface area contributed by atoms with Crippen molar-refractivity contribution in [1.29, 1.82) is 0 Å². The van der Waals surface area contributed by atoms with Gasteiger partial charge in [-0.25, -0.2) is 0 Å².